The lowest BCUT2D eigenvalue weighted by Gasteiger charge is -2.23. The highest BCUT2D eigenvalue weighted by Gasteiger charge is 2.22. The Balaban J connectivity index is 1.63. The van der Waals surface area contributed by atoms with Crippen molar-refractivity contribution in [2.75, 3.05) is 13.2 Å². The van der Waals surface area contributed by atoms with E-state index in [1.165, 1.54) is 34.9 Å². The first-order valence-electron chi connectivity index (χ1n) is 10.1. The van der Waals surface area contributed by atoms with Crippen LogP contribution in [-0.2, 0) is 17.8 Å². The molecule has 4 rings (SSSR count). The van der Waals surface area contributed by atoms with E-state index in [9.17, 15) is 0 Å². The summed E-state index contributed by atoms with van der Waals surface area (Å²) in [6, 6.07) is 7.17. The van der Waals surface area contributed by atoms with Gasteiger partial charge in [-0.25, -0.2) is 0 Å². The van der Waals surface area contributed by atoms with Crippen LogP contribution in [0, 0.1) is 5.41 Å². The molecule has 1 aromatic heterocycles. The summed E-state index contributed by atoms with van der Waals surface area (Å²) in [5, 5.41) is 2.26. The molecule has 3 nitrogen and oxygen atoms in total. The number of hydrogen-bond acceptors (Lipinski definition) is 3. The molecule has 2 aliphatic rings. The van der Waals surface area contributed by atoms with E-state index in [1.54, 1.807) is 0 Å². The summed E-state index contributed by atoms with van der Waals surface area (Å²) in [4.78, 5) is 0. The van der Waals surface area contributed by atoms with Crippen LogP contribution in [0.15, 0.2) is 24.4 Å². The fourth-order valence-corrected chi connectivity index (χ4v) is 4.72. The van der Waals surface area contributed by atoms with Crippen molar-refractivity contribution < 1.29 is 4.74 Å². The van der Waals surface area contributed by atoms with Crippen LogP contribution in [0.5, 0.6) is 0 Å². The van der Waals surface area contributed by atoms with Gasteiger partial charge in [0.15, 0.2) is 0 Å². The van der Waals surface area contributed by atoms with E-state index in [1.807, 2.05) is 11.9 Å². The Kier molecular flexibility index (Phi) is 5.36. The van der Waals surface area contributed by atoms with Crippen molar-refractivity contribution in [2.45, 2.75) is 70.7 Å². The summed E-state index contributed by atoms with van der Waals surface area (Å²) in [7, 11) is 0. The highest BCUT2D eigenvalue weighted by Crippen LogP contribution is 2.34. The van der Waals surface area contributed by atoms with Gasteiger partial charge in [-0.05, 0) is 54.2 Å². The fraction of sp³-hybridized carbons (Fsp3) is 0.636. The lowest BCUT2D eigenvalue weighted by molar-refractivity contribution is 0.0853. The van der Waals surface area contributed by atoms with Crippen molar-refractivity contribution >= 4 is 22.9 Å². The Labute approximate surface area is 162 Å². The number of benzene rings is 1. The lowest BCUT2D eigenvalue weighted by Crippen LogP contribution is -2.15. The number of nitrogens with zero attached hydrogens (tertiary/aromatic N) is 1. The highest BCUT2D eigenvalue weighted by molar-refractivity contribution is 7.98. The zero-order valence-corrected chi connectivity index (χ0v) is 17.2. The minimum atomic E-state index is 0.272. The molecule has 1 aliphatic carbocycles. The number of aromatic nitrogens is 1. The van der Waals surface area contributed by atoms with Crippen LogP contribution < -0.4 is 4.72 Å². The van der Waals surface area contributed by atoms with Gasteiger partial charge in [0.25, 0.3) is 0 Å². The number of rotatable bonds is 6. The van der Waals surface area contributed by atoms with Crippen molar-refractivity contribution in [3.63, 3.8) is 0 Å². The van der Waals surface area contributed by atoms with Crippen molar-refractivity contribution in [1.29, 1.82) is 0 Å². The number of fused-ring (bicyclic) bond motifs is 1. The van der Waals surface area contributed by atoms with Gasteiger partial charge in [0.05, 0.1) is 0 Å². The molecule has 2 aromatic rings. The fourth-order valence-electron chi connectivity index (χ4n) is 3.88. The molecule has 0 amide bonds. The SMILES string of the molecule is CC(C)(C)Cn1cc(CNSC2CC2)c2ccc(C3CCOCC3)cc21. The minimum Gasteiger partial charge on any atom is -0.381 e. The average molecular weight is 373 g/mol. The topological polar surface area (TPSA) is 26.2 Å². The number of hydrogen-bond donors (Lipinski definition) is 1. The van der Waals surface area contributed by atoms with Gasteiger partial charge in [-0.15, -0.1) is 0 Å². The van der Waals surface area contributed by atoms with E-state index in [2.05, 4.69) is 54.5 Å². The maximum atomic E-state index is 5.56. The smallest absolute Gasteiger partial charge is 0.0486 e. The summed E-state index contributed by atoms with van der Waals surface area (Å²) < 4.78 is 11.6. The molecular weight excluding hydrogens is 340 g/mol. The van der Waals surface area contributed by atoms with Crippen molar-refractivity contribution in [2.24, 2.45) is 5.41 Å². The largest absolute Gasteiger partial charge is 0.381 e. The zero-order valence-electron chi connectivity index (χ0n) is 16.4. The van der Waals surface area contributed by atoms with Crippen LogP contribution in [0.3, 0.4) is 0 Å². The molecule has 1 saturated carbocycles. The monoisotopic (exact) mass is 372 g/mol. The van der Waals surface area contributed by atoms with Crippen LogP contribution in [0.4, 0.5) is 0 Å². The second kappa shape index (κ2) is 7.57. The third kappa shape index (κ3) is 4.47. The molecule has 2 fully saturated rings. The van der Waals surface area contributed by atoms with E-state index < -0.39 is 0 Å². The minimum absolute atomic E-state index is 0.272. The van der Waals surface area contributed by atoms with Gasteiger partial charge in [0.2, 0.25) is 0 Å². The predicted octanol–water partition coefficient (Wildman–Crippen LogP) is 5.48. The molecule has 1 saturated heterocycles. The van der Waals surface area contributed by atoms with Crippen LogP contribution in [0.1, 0.15) is 63.5 Å². The third-order valence-corrected chi connectivity index (χ3v) is 6.48. The Bertz CT molecular complexity index is 751. The number of nitrogens with one attached hydrogen (secondary N) is 1. The van der Waals surface area contributed by atoms with Gasteiger partial charge in [-0.1, -0.05) is 44.9 Å². The standard InChI is InChI=1S/C22H32N2OS/c1-22(2,3)15-24-14-18(13-23-26-19-5-6-19)20-7-4-17(12-21(20)24)16-8-10-25-11-9-16/h4,7,12,14,16,19,23H,5-6,8-11,13,15H2,1-3H3. The van der Waals surface area contributed by atoms with Gasteiger partial charge in [0.1, 0.15) is 0 Å². The first kappa shape index (κ1) is 18.4. The Morgan fingerprint density at radius 2 is 1.92 bits per heavy atom. The lowest BCUT2D eigenvalue weighted by atomic mass is 9.91. The van der Waals surface area contributed by atoms with Crippen molar-refractivity contribution in [3.05, 3.63) is 35.5 Å². The van der Waals surface area contributed by atoms with E-state index >= 15 is 0 Å². The van der Waals surface area contributed by atoms with Gasteiger partial charge in [0, 0.05) is 48.7 Å². The van der Waals surface area contributed by atoms with Gasteiger partial charge in [-0.3, -0.25) is 4.72 Å². The third-order valence-electron chi connectivity index (χ3n) is 5.36. The van der Waals surface area contributed by atoms with E-state index in [-0.39, 0.29) is 5.41 Å². The van der Waals surface area contributed by atoms with E-state index in [4.69, 9.17) is 4.74 Å². The molecule has 2 heterocycles. The Hall–Kier alpha value is -0.970. The van der Waals surface area contributed by atoms with E-state index in [0.717, 1.165) is 44.4 Å². The van der Waals surface area contributed by atoms with Crippen LogP contribution in [-0.4, -0.2) is 23.0 Å². The molecule has 0 bridgehead atoms. The zero-order chi connectivity index (χ0) is 18.1. The molecule has 1 aliphatic heterocycles. The quantitative estimate of drug-likeness (QED) is 0.680. The van der Waals surface area contributed by atoms with Crippen LogP contribution in [0.25, 0.3) is 10.9 Å². The number of ether oxygens (including phenoxy) is 1. The second-order valence-electron chi connectivity index (χ2n) is 9.14. The average Bonchev–Trinajstić information content (AvgIpc) is 3.38. The van der Waals surface area contributed by atoms with Crippen molar-refractivity contribution in [3.8, 4) is 0 Å². The molecular formula is C22H32N2OS. The van der Waals surface area contributed by atoms with Crippen LogP contribution >= 0.6 is 11.9 Å². The first-order valence-corrected chi connectivity index (χ1v) is 11.0. The summed E-state index contributed by atoms with van der Waals surface area (Å²) in [6.07, 6.45) is 7.43. The molecule has 0 spiro atoms. The maximum Gasteiger partial charge on any atom is 0.0486 e. The predicted molar refractivity (Wildman–Crippen MR) is 112 cm³/mol. The molecule has 0 radical (unpaired) electrons. The summed E-state index contributed by atoms with van der Waals surface area (Å²) in [5.74, 6) is 0.651. The Morgan fingerprint density at radius 3 is 2.62 bits per heavy atom. The molecule has 4 heteroatoms. The summed E-state index contributed by atoms with van der Waals surface area (Å²) in [5.41, 5.74) is 4.59. The molecule has 1 N–H and O–H groups in total. The second-order valence-corrected chi connectivity index (χ2v) is 10.3. The first-order chi connectivity index (χ1) is 12.5. The van der Waals surface area contributed by atoms with Gasteiger partial charge >= 0.3 is 0 Å². The molecule has 26 heavy (non-hydrogen) atoms. The van der Waals surface area contributed by atoms with E-state index in [0.29, 0.717) is 5.92 Å². The Morgan fingerprint density at radius 1 is 1.15 bits per heavy atom. The molecule has 0 unspecified atom stereocenters. The summed E-state index contributed by atoms with van der Waals surface area (Å²) in [6.45, 7) is 10.8. The summed E-state index contributed by atoms with van der Waals surface area (Å²) >= 11 is 1.92. The molecule has 142 valence electrons. The van der Waals surface area contributed by atoms with Gasteiger partial charge in [-0.2, -0.15) is 0 Å². The molecule has 0 atom stereocenters. The highest BCUT2D eigenvalue weighted by atomic mass is 32.2. The normalized spacial score (nSPS) is 19.3. The van der Waals surface area contributed by atoms with Crippen LogP contribution in [0.2, 0.25) is 0 Å². The van der Waals surface area contributed by atoms with Gasteiger partial charge < -0.3 is 9.30 Å². The maximum absolute atomic E-state index is 5.56. The van der Waals surface area contributed by atoms with Crippen molar-refractivity contribution in [1.82, 2.24) is 9.29 Å². The molecule has 1 aromatic carbocycles.